The largest absolute Gasteiger partial charge is 0.355 e. The molecule has 1 atom stereocenters. The molecule has 3 aromatic carbocycles. The van der Waals surface area contributed by atoms with Gasteiger partial charge in [0, 0.05) is 30.2 Å². The molecule has 0 radical (unpaired) electrons. The number of nitrogens with one attached hydrogen (secondary N) is 1. The van der Waals surface area contributed by atoms with Crippen LogP contribution < -0.4 is 5.32 Å². The Hall–Kier alpha value is -2.65. The fourth-order valence-electron chi connectivity index (χ4n) is 3.61. The second-order valence-electron chi connectivity index (χ2n) is 8.10. The third-order valence-corrected chi connectivity index (χ3v) is 8.05. The zero-order chi connectivity index (χ0) is 25.8. The number of hydrogen-bond acceptors (Lipinski definition) is 4. The summed E-state index contributed by atoms with van der Waals surface area (Å²) in [4.78, 5) is 27.3. The second-order valence-corrected chi connectivity index (χ2v) is 11.0. The number of fused-ring (bicyclic) bond motifs is 1. The highest BCUT2D eigenvalue weighted by atomic mass is 35.5. The van der Waals surface area contributed by atoms with Crippen LogP contribution in [0.4, 0.5) is 0 Å². The van der Waals surface area contributed by atoms with Crippen LogP contribution >= 0.6 is 23.2 Å². The van der Waals surface area contributed by atoms with E-state index in [4.69, 9.17) is 23.2 Å². The number of likely N-dealkylation sites (N-methyl/N-ethyl adjacent to an activating group) is 2. The Morgan fingerprint density at radius 2 is 1.69 bits per heavy atom. The van der Waals surface area contributed by atoms with Crippen LogP contribution in [-0.4, -0.2) is 55.6 Å². The predicted octanol–water partition coefficient (Wildman–Crippen LogP) is 4.32. The molecule has 0 bridgehead atoms. The molecule has 0 heterocycles. The predicted molar refractivity (Wildman–Crippen MR) is 139 cm³/mol. The maximum atomic E-state index is 13.3. The lowest BCUT2D eigenvalue weighted by Crippen LogP contribution is -2.50. The number of benzene rings is 3. The second kappa shape index (κ2) is 11.4. The lowest BCUT2D eigenvalue weighted by atomic mass is 10.1. The third kappa shape index (κ3) is 6.32. The van der Waals surface area contributed by atoms with Crippen LogP contribution in [-0.2, 0) is 26.2 Å². The van der Waals surface area contributed by atoms with E-state index in [-0.39, 0.29) is 17.3 Å². The molecule has 0 saturated carbocycles. The number of halogens is 2. The summed E-state index contributed by atoms with van der Waals surface area (Å²) in [5.41, 5.74) is 0.584. The van der Waals surface area contributed by atoms with Crippen molar-refractivity contribution in [3.8, 4) is 0 Å². The molecular weight excluding hydrogens is 509 g/mol. The average Bonchev–Trinajstić information content (AvgIpc) is 2.82. The standard InChI is InChI=1S/C25H27Cl2N3O4S/c1-4-28-25(32)17(2)30(15-20-9-11-21(26)14-23(20)27)24(31)16-29(3)35(33,34)22-12-10-18-7-5-6-8-19(18)13-22/h5-14,17H,4,15-16H2,1-3H3,(H,28,32)/t17-/m1/s1. The smallest absolute Gasteiger partial charge is 0.243 e. The molecule has 0 aromatic heterocycles. The van der Waals surface area contributed by atoms with Crippen LogP contribution in [0.5, 0.6) is 0 Å². The van der Waals surface area contributed by atoms with Gasteiger partial charge in [0.2, 0.25) is 21.8 Å². The molecule has 0 saturated heterocycles. The Labute approximate surface area is 215 Å². The number of carbonyl (C=O) groups is 2. The molecule has 0 unspecified atom stereocenters. The summed E-state index contributed by atoms with van der Waals surface area (Å²) in [5, 5.41) is 5.16. The minimum Gasteiger partial charge on any atom is -0.355 e. The van der Waals surface area contributed by atoms with Gasteiger partial charge in [-0.15, -0.1) is 0 Å². The quantitative estimate of drug-likeness (QED) is 0.442. The van der Waals surface area contributed by atoms with E-state index in [0.29, 0.717) is 22.2 Å². The number of nitrogens with zero attached hydrogens (tertiary/aromatic N) is 2. The Morgan fingerprint density at radius 1 is 1.00 bits per heavy atom. The summed E-state index contributed by atoms with van der Waals surface area (Å²) in [7, 11) is -2.62. The normalized spacial score (nSPS) is 12.5. The van der Waals surface area contributed by atoms with Gasteiger partial charge in [-0.1, -0.05) is 59.6 Å². The monoisotopic (exact) mass is 535 g/mol. The van der Waals surface area contributed by atoms with Gasteiger partial charge < -0.3 is 10.2 Å². The number of sulfonamides is 1. The number of amides is 2. The zero-order valence-corrected chi connectivity index (χ0v) is 22.0. The maximum absolute atomic E-state index is 13.3. The Bertz CT molecular complexity index is 1350. The van der Waals surface area contributed by atoms with Gasteiger partial charge >= 0.3 is 0 Å². The van der Waals surface area contributed by atoms with E-state index in [1.807, 2.05) is 24.3 Å². The first-order valence-corrected chi connectivity index (χ1v) is 13.2. The summed E-state index contributed by atoms with van der Waals surface area (Å²) in [5.74, 6) is -0.896. The van der Waals surface area contributed by atoms with Crippen LogP contribution in [0.2, 0.25) is 10.0 Å². The highest BCUT2D eigenvalue weighted by Gasteiger charge is 2.30. The molecule has 7 nitrogen and oxygen atoms in total. The first kappa shape index (κ1) is 26.9. The highest BCUT2D eigenvalue weighted by Crippen LogP contribution is 2.24. The van der Waals surface area contributed by atoms with Crippen LogP contribution in [0.25, 0.3) is 10.8 Å². The molecule has 0 aliphatic rings. The van der Waals surface area contributed by atoms with E-state index < -0.39 is 28.5 Å². The van der Waals surface area contributed by atoms with Crippen molar-refractivity contribution >= 4 is 55.8 Å². The Balaban J connectivity index is 1.87. The van der Waals surface area contributed by atoms with Gasteiger partial charge in [-0.25, -0.2) is 8.42 Å². The minimum atomic E-state index is -3.96. The van der Waals surface area contributed by atoms with Gasteiger partial charge in [-0.05, 0) is 54.4 Å². The van der Waals surface area contributed by atoms with Crippen molar-refractivity contribution in [2.45, 2.75) is 31.3 Å². The van der Waals surface area contributed by atoms with Crippen molar-refractivity contribution in [2.75, 3.05) is 20.1 Å². The van der Waals surface area contributed by atoms with Crippen molar-refractivity contribution in [2.24, 2.45) is 0 Å². The number of hydrogen-bond donors (Lipinski definition) is 1. The minimum absolute atomic E-state index is 0.0109. The summed E-state index contributed by atoms with van der Waals surface area (Å²) in [6.45, 7) is 3.31. The highest BCUT2D eigenvalue weighted by molar-refractivity contribution is 7.89. The van der Waals surface area contributed by atoms with Crippen molar-refractivity contribution in [1.29, 1.82) is 0 Å². The Kier molecular flexibility index (Phi) is 8.77. The Morgan fingerprint density at radius 3 is 2.34 bits per heavy atom. The summed E-state index contributed by atoms with van der Waals surface area (Å²) in [6.07, 6.45) is 0. The molecule has 2 amide bonds. The fraction of sp³-hybridized carbons (Fsp3) is 0.280. The van der Waals surface area contributed by atoms with E-state index >= 15 is 0 Å². The molecule has 35 heavy (non-hydrogen) atoms. The number of carbonyl (C=O) groups excluding carboxylic acids is 2. The summed E-state index contributed by atoms with van der Waals surface area (Å²) >= 11 is 12.3. The first-order chi connectivity index (χ1) is 16.5. The van der Waals surface area contributed by atoms with Crippen LogP contribution in [0.15, 0.2) is 65.6 Å². The van der Waals surface area contributed by atoms with Crippen molar-refractivity contribution < 1.29 is 18.0 Å². The van der Waals surface area contributed by atoms with Gasteiger partial charge in [-0.3, -0.25) is 9.59 Å². The molecule has 10 heteroatoms. The van der Waals surface area contributed by atoms with E-state index in [2.05, 4.69) is 5.32 Å². The topological polar surface area (TPSA) is 86.8 Å². The van der Waals surface area contributed by atoms with Gasteiger partial charge in [-0.2, -0.15) is 4.31 Å². The van der Waals surface area contributed by atoms with Gasteiger partial charge in [0.25, 0.3) is 0 Å². The first-order valence-electron chi connectivity index (χ1n) is 11.0. The molecule has 1 N–H and O–H groups in total. The van der Waals surface area contributed by atoms with E-state index in [9.17, 15) is 18.0 Å². The summed E-state index contributed by atoms with van der Waals surface area (Å²) in [6, 6.07) is 16.2. The molecule has 0 spiro atoms. The van der Waals surface area contributed by atoms with E-state index in [1.54, 1.807) is 44.2 Å². The van der Waals surface area contributed by atoms with Crippen molar-refractivity contribution in [3.63, 3.8) is 0 Å². The SMILES string of the molecule is CCNC(=O)[C@@H](C)N(Cc1ccc(Cl)cc1Cl)C(=O)CN(C)S(=O)(=O)c1ccc2ccccc2c1. The maximum Gasteiger partial charge on any atom is 0.243 e. The lowest BCUT2D eigenvalue weighted by Gasteiger charge is -2.30. The molecule has 0 fully saturated rings. The van der Waals surface area contributed by atoms with Crippen molar-refractivity contribution in [1.82, 2.24) is 14.5 Å². The molecule has 3 rings (SSSR count). The van der Waals surface area contributed by atoms with Gasteiger partial charge in [0.05, 0.1) is 11.4 Å². The van der Waals surface area contributed by atoms with Crippen LogP contribution in [0.1, 0.15) is 19.4 Å². The van der Waals surface area contributed by atoms with E-state index in [1.165, 1.54) is 18.0 Å². The molecular formula is C25H27Cl2N3O4S. The molecule has 0 aliphatic heterocycles. The van der Waals surface area contributed by atoms with Crippen molar-refractivity contribution in [3.05, 3.63) is 76.3 Å². The fourth-order valence-corrected chi connectivity index (χ4v) is 5.24. The summed E-state index contributed by atoms with van der Waals surface area (Å²) < 4.78 is 27.4. The van der Waals surface area contributed by atoms with Crippen LogP contribution in [0.3, 0.4) is 0 Å². The molecule has 186 valence electrons. The zero-order valence-electron chi connectivity index (χ0n) is 19.7. The molecule has 0 aliphatic carbocycles. The van der Waals surface area contributed by atoms with Crippen LogP contribution in [0, 0.1) is 0 Å². The van der Waals surface area contributed by atoms with E-state index in [0.717, 1.165) is 15.1 Å². The number of rotatable bonds is 9. The molecule has 3 aromatic rings. The third-order valence-electron chi connectivity index (χ3n) is 5.66. The van der Waals surface area contributed by atoms with Gasteiger partial charge in [0.1, 0.15) is 6.04 Å². The van der Waals surface area contributed by atoms with Gasteiger partial charge in [0.15, 0.2) is 0 Å². The average molecular weight is 536 g/mol. The lowest BCUT2D eigenvalue weighted by molar-refractivity contribution is -0.140.